The third kappa shape index (κ3) is 4.14. The summed E-state index contributed by atoms with van der Waals surface area (Å²) < 4.78 is 19.1. The number of amides is 2. The second-order valence-corrected chi connectivity index (χ2v) is 6.62. The van der Waals surface area contributed by atoms with Crippen LogP contribution in [0.1, 0.15) is 30.1 Å². The van der Waals surface area contributed by atoms with Crippen LogP contribution in [-0.2, 0) is 14.3 Å². The molecule has 0 unspecified atom stereocenters. The van der Waals surface area contributed by atoms with Gasteiger partial charge in [-0.15, -0.1) is 0 Å². The summed E-state index contributed by atoms with van der Waals surface area (Å²) in [5.74, 6) is -2.87. The molecule has 1 aliphatic rings. The molecule has 1 N–H and O–H groups in total. The van der Waals surface area contributed by atoms with Gasteiger partial charge in [0.25, 0.3) is 11.8 Å². The number of anilines is 2. The number of carbonyl (C=O) groups excluding carboxylic acids is 3. The van der Waals surface area contributed by atoms with Crippen LogP contribution in [0.15, 0.2) is 59.3 Å². The van der Waals surface area contributed by atoms with Crippen molar-refractivity contribution in [3.63, 3.8) is 0 Å². The average molecular weight is 417 g/mol. The number of para-hydroxylation sites is 2. The van der Waals surface area contributed by atoms with Crippen LogP contribution >= 0.6 is 11.6 Å². The molecule has 2 amide bonds. The van der Waals surface area contributed by atoms with Crippen LogP contribution < -0.4 is 10.2 Å². The monoisotopic (exact) mass is 416 g/mol. The lowest BCUT2D eigenvalue weighted by atomic mass is 10.1. The number of nitrogens with zero attached hydrogens (tertiary/aromatic N) is 1. The SMILES string of the molecule is CCCCOC(=O)c1ccccc1N1C(=O)C(Cl)=C(Nc2ccccc2F)C1=O. The number of hydrogen-bond acceptors (Lipinski definition) is 5. The molecular weight excluding hydrogens is 399 g/mol. The fraction of sp³-hybridized carbons (Fsp3) is 0.190. The zero-order valence-corrected chi connectivity index (χ0v) is 16.3. The van der Waals surface area contributed by atoms with Crippen LogP contribution in [0.5, 0.6) is 0 Å². The number of esters is 1. The largest absolute Gasteiger partial charge is 0.462 e. The Balaban J connectivity index is 1.90. The van der Waals surface area contributed by atoms with Crippen LogP contribution in [0.2, 0.25) is 0 Å². The van der Waals surface area contributed by atoms with Gasteiger partial charge in [-0.3, -0.25) is 9.59 Å². The van der Waals surface area contributed by atoms with Gasteiger partial charge in [0, 0.05) is 0 Å². The summed E-state index contributed by atoms with van der Waals surface area (Å²) in [6, 6.07) is 11.8. The van der Waals surface area contributed by atoms with Crippen molar-refractivity contribution in [3.05, 3.63) is 70.6 Å². The molecule has 0 saturated carbocycles. The zero-order valence-electron chi connectivity index (χ0n) is 15.6. The van der Waals surface area contributed by atoms with E-state index in [1.807, 2.05) is 6.92 Å². The summed E-state index contributed by atoms with van der Waals surface area (Å²) in [4.78, 5) is 38.8. The van der Waals surface area contributed by atoms with Gasteiger partial charge in [-0.2, -0.15) is 0 Å². The highest BCUT2D eigenvalue weighted by Crippen LogP contribution is 2.32. The number of hydrogen-bond donors (Lipinski definition) is 1. The lowest BCUT2D eigenvalue weighted by Gasteiger charge is -2.18. The third-order valence-electron chi connectivity index (χ3n) is 4.26. The van der Waals surface area contributed by atoms with E-state index in [1.165, 1.54) is 30.3 Å². The molecule has 0 fully saturated rings. The molecule has 1 aliphatic heterocycles. The Bertz CT molecular complexity index is 1010. The van der Waals surface area contributed by atoms with Crippen molar-refractivity contribution >= 4 is 40.8 Å². The van der Waals surface area contributed by atoms with Gasteiger partial charge in [0.1, 0.15) is 16.5 Å². The number of halogens is 2. The minimum Gasteiger partial charge on any atom is -0.462 e. The Morgan fingerprint density at radius 1 is 1.10 bits per heavy atom. The third-order valence-corrected chi connectivity index (χ3v) is 4.61. The van der Waals surface area contributed by atoms with E-state index in [2.05, 4.69) is 5.32 Å². The first-order valence-electron chi connectivity index (χ1n) is 9.02. The Morgan fingerprint density at radius 2 is 1.79 bits per heavy atom. The minimum atomic E-state index is -0.815. The topological polar surface area (TPSA) is 75.7 Å². The molecule has 1 heterocycles. The van der Waals surface area contributed by atoms with Crippen LogP contribution in [-0.4, -0.2) is 24.4 Å². The number of ether oxygens (including phenoxy) is 1. The molecule has 0 atom stereocenters. The van der Waals surface area contributed by atoms with E-state index in [0.29, 0.717) is 6.42 Å². The summed E-state index contributed by atoms with van der Waals surface area (Å²) in [5.41, 5.74) is -0.166. The summed E-state index contributed by atoms with van der Waals surface area (Å²) in [6.07, 6.45) is 1.54. The molecule has 0 saturated heterocycles. The van der Waals surface area contributed by atoms with Gasteiger partial charge in [-0.1, -0.05) is 49.2 Å². The van der Waals surface area contributed by atoms with E-state index in [4.69, 9.17) is 16.3 Å². The number of rotatable bonds is 7. The molecule has 0 radical (unpaired) electrons. The Morgan fingerprint density at radius 3 is 2.52 bits per heavy atom. The second-order valence-electron chi connectivity index (χ2n) is 6.25. The first-order valence-corrected chi connectivity index (χ1v) is 9.39. The smallest absolute Gasteiger partial charge is 0.340 e. The molecule has 3 rings (SSSR count). The number of carbonyl (C=O) groups is 3. The first-order chi connectivity index (χ1) is 14.0. The maximum absolute atomic E-state index is 13.9. The van der Waals surface area contributed by atoms with E-state index in [9.17, 15) is 18.8 Å². The molecule has 150 valence electrons. The highest BCUT2D eigenvalue weighted by atomic mass is 35.5. The fourth-order valence-corrected chi connectivity index (χ4v) is 2.97. The second kappa shape index (κ2) is 8.87. The van der Waals surface area contributed by atoms with Crippen molar-refractivity contribution < 1.29 is 23.5 Å². The predicted molar refractivity (Wildman–Crippen MR) is 107 cm³/mol. The molecule has 8 heteroatoms. The van der Waals surface area contributed by atoms with Crippen molar-refractivity contribution in [2.75, 3.05) is 16.8 Å². The van der Waals surface area contributed by atoms with Crippen LogP contribution in [0.4, 0.5) is 15.8 Å². The molecule has 2 aromatic carbocycles. The number of benzene rings is 2. The van der Waals surface area contributed by atoms with Crippen LogP contribution in [0, 0.1) is 5.82 Å². The van der Waals surface area contributed by atoms with Crippen molar-refractivity contribution in [2.45, 2.75) is 19.8 Å². The quantitative estimate of drug-likeness (QED) is 0.415. The molecule has 6 nitrogen and oxygen atoms in total. The Labute approximate surface area is 171 Å². The van der Waals surface area contributed by atoms with Gasteiger partial charge in [0.05, 0.1) is 23.5 Å². The number of imide groups is 1. The van der Waals surface area contributed by atoms with Crippen molar-refractivity contribution in [1.82, 2.24) is 0 Å². The molecule has 29 heavy (non-hydrogen) atoms. The first kappa shape index (κ1) is 20.5. The molecule has 2 aromatic rings. The fourth-order valence-electron chi connectivity index (χ4n) is 2.76. The molecule has 0 bridgehead atoms. The van der Waals surface area contributed by atoms with Gasteiger partial charge >= 0.3 is 5.97 Å². The Hall–Kier alpha value is -3.19. The summed E-state index contributed by atoms with van der Waals surface area (Å²) in [5, 5.41) is 2.18. The molecular formula is C21H18ClFN2O4. The van der Waals surface area contributed by atoms with E-state index in [0.717, 1.165) is 11.3 Å². The molecule has 0 aromatic heterocycles. The average Bonchev–Trinajstić information content (AvgIpc) is 2.93. The lowest BCUT2D eigenvalue weighted by molar-refractivity contribution is -0.120. The van der Waals surface area contributed by atoms with E-state index < -0.39 is 28.6 Å². The standard InChI is InChI=1S/C21H18ClFN2O4/c1-2-3-12-29-21(28)13-8-4-7-11-16(13)25-19(26)17(22)18(20(25)27)24-15-10-6-5-9-14(15)23/h4-11,24H,2-3,12H2,1H3. The number of unbranched alkanes of at least 4 members (excludes halogenated alkanes) is 1. The number of nitrogens with one attached hydrogen (secondary N) is 1. The minimum absolute atomic E-state index is 0.00379. The van der Waals surface area contributed by atoms with Gasteiger partial charge in [0.15, 0.2) is 0 Å². The maximum atomic E-state index is 13.9. The van der Waals surface area contributed by atoms with Gasteiger partial charge in [0.2, 0.25) is 0 Å². The van der Waals surface area contributed by atoms with Gasteiger partial charge < -0.3 is 10.1 Å². The van der Waals surface area contributed by atoms with Gasteiger partial charge in [-0.05, 0) is 30.7 Å². The van der Waals surface area contributed by atoms with Gasteiger partial charge in [-0.25, -0.2) is 14.1 Å². The van der Waals surface area contributed by atoms with E-state index >= 15 is 0 Å². The van der Waals surface area contributed by atoms with Crippen molar-refractivity contribution in [2.24, 2.45) is 0 Å². The molecule has 0 aliphatic carbocycles. The van der Waals surface area contributed by atoms with Crippen molar-refractivity contribution in [1.29, 1.82) is 0 Å². The molecule has 0 spiro atoms. The predicted octanol–water partition coefficient (Wildman–Crippen LogP) is 4.22. The normalized spacial score (nSPS) is 13.8. The van der Waals surface area contributed by atoms with Crippen LogP contribution in [0.25, 0.3) is 0 Å². The lowest BCUT2D eigenvalue weighted by Crippen LogP contribution is -2.33. The zero-order chi connectivity index (χ0) is 21.0. The van der Waals surface area contributed by atoms with E-state index in [1.54, 1.807) is 18.2 Å². The summed E-state index contributed by atoms with van der Waals surface area (Å²) in [6.45, 7) is 2.19. The van der Waals surface area contributed by atoms with E-state index in [-0.39, 0.29) is 29.2 Å². The van der Waals surface area contributed by atoms with Crippen molar-refractivity contribution in [3.8, 4) is 0 Å². The Kier molecular flexibility index (Phi) is 6.29. The summed E-state index contributed by atoms with van der Waals surface area (Å²) in [7, 11) is 0. The maximum Gasteiger partial charge on any atom is 0.340 e. The highest BCUT2D eigenvalue weighted by molar-refractivity contribution is 6.53. The summed E-state index contributed by atoms with van der Waals surface area (Å²) >= 11 is 6.07. The highest BCUT2D eigenvalue weighted by Gasteiger charge is 2.40. The van der Waals surface area contributed by atoms with Crippen LogP contribution in [0.3, 0.4) is 0 Å².